The largest absolute Gasteiger partial charge is 0.457 e. The standard InChI is InChI=1S/C20H20O5/c21-16-11-15-18(25-16)20(23-12-13-7-3-1-4-8-13)19(24-15)17(22)14-9-5-2-6-10-14/h1-10,15,17-20,22H,11-12H2/t15-,17-,18+,19-,20-/m1/s1. The van der Waals surface area contributed by atoms with Crippen molar-refractivity contribution in [3.8, 4) is 0 Å². The lowest BCUT2D eigenvalue weighted by Gasteiger charge is -2.26. The second-order valence-electron chi connectivity index (χ2n) is 6.41. The molecule has 2 fully saturated rings. The highest BCUT2D eigenvalue weighted by molar-refractivity contribution is 5.73. The van der Waals surface area contributed by atoms with Crippen LogP contribution in [0.2, 0.25) is 0 Å². The highest BCUT2D eigenvalue weighted by atomic mass is 16.6. The van der Waals surface area contributed by atoms with Gasteiger partial charge in [0.2, 0.25) is 0 Å². The Morgan fingerprint density at radius 2 is 1.76 bits per heavy atom. The van der Waals surface area contributed by atoms with Crippen molar-refractivity contribution in [3.05, 3.63) is 71.8 Å². The maximum absolute atomic E-state index is 11.6. The van der Waals surface area contributed by atoms with E-state index in [0.717, 1.165) is 11.1 Å². The Morgan fingerprint density at radius 1 is 1.08 bits per heavy atom. The Hall–Kier alpha value is -2.21. The lowest BCUT2D eigenvalue weighted by atomic mass is 9.98. The molecular formula is C20H20O5. The summed E-state index contributed by atoms with van der Waals surface area (Å²) in [5.41, 5.74) is 1.77. The summed E-state index contributed by atoms with van der Waals surface area (Å²) >= 11 is 0. The molecule has 0 saturated carbocycles. The smallest absolute Gasteiger partial charge is 0.309 e. The summed E-state index contributed by atoms with van der Waals surface area (Å²) in [6, 6.07) is 19.1. The number of esters is 1. The normalized spacial score (nSPS) is 29.2. The summed E-state index contributed by atoms with van der Waals surface area (Å²) < 4.78 is 17.4. The number of aliphatic hydroxyl groups excluding tert-OH is 1. The van der Waals surface area contributed by atoms with Crippen LogP contribution < -0.4 is 0 Å². The van der Waals surface area contributed by atoms with Crippen LogP contribution in [-0.4, -0.2) is 35.5 Å². The first kappa shape index (κ1) is 16.3. The van der Waals surface area contributed by atoms with Gasteiger partial charge in [0.1, 0.15) is 24.4 Å². The van der Waals surface area contributed by atoms with E-state index in [1.807, 2.05) is 60.7 Å². The third kappa shape index (κ3) is 3.31. The molecule has 1 N–H and O–H groups in total. The van der Waals surface area contributed by atoms with Crippen molar-refractivity contribution in [2.24, 2.45) is 0 Å². The fourth-order valence-electron chi connectivity index (χ4n) is 3.48. The Labute approximate surface area is 146 Å². The minimum atomic E-state index is -0.841. The molecule has 0 radical (unpaired) electrons. The fraction of sp³-hybridized carbons (Fsp3) is 0.350. The number of hydrogen-bond acceptors (Lipinski definition) is 5. The van der Waals surface area contributed by atoms with Crippen LogP contribution in [0, 0.1) is 0 Å². The van der Waals surface area contributed by atoms with Crippen LogP contribution in [0.15, 0.2) is 60.7 Å². The molecule has 25 heavy (non-hydrogen) atoms. The Kier molecular flexibility index (Phi) is 4.53. The zero-order valence-corrected chi connectivity index (χ0v) is 13.7. The van der Waals surface area contributed by atoms with Crippen LogP contribution in [0.1, 0.15) is 23.7 Å². The lowest BCUT2D eigenvalue weighted by Crippen LogP contribution is -2.38. The van der Waals surface area contributed by atoms with Crippen LogP contribution in [-0.2, 0) is 25.6 Å². The van der Waals surface area contributed by atoms with E-state index < -0.39 is 24.4 Å². The van der Waals surface area contributed by atoms with Gasteiger partial charge in [0.25, 0.3) is 0 Å². The van der Waals surface area contributed by atoms with Crippen molar-refractivity contribution in [1.82, 2.24) is 0 Å². The highest BCUT2D eigenvalue weighted by Crippen LogP contribution is 2.39. The van der Waals surface area contributed by atoms with Gasteiger partial charge in [-0.3, -0.25) is 4.79 Å². The van der Waals surface area contributed by atoms with E-state index in [9.17, 15) is 9.90 Å². The minimum Gasteiger partial charge on any atom is -0.457 e. The minimum absolute atomic E-state index is 0.202. The van der Waals surface area contributed by atoms with Gasteiger partial charge in [-0.1, -0.05) is 60.7 Å². The summed E-state index contributed by atoms with van der Waals surface area (Å²) in [6.07, 6.45) is -2.56. The van der Waals surface area contributed by atoms with Gasteiger partial charge < -0.3 is 19.3 Å². The van der Waals surface area contributed by atoms with Crippen LogP contribution in [0.4, 0.5) is 0 Å². The maximum Gasteiger partial charge on any atom is 0.309 e. The van der Waals surface area contributed by atoms with Gasteiger partial charge in [0.05, 0.1) is 13.0 Å². The molecule has 2 aromatic rings. The van der Waals surface area contributed by atoms with Crippen LogP contribution in [0.5, 0.6) is 0 Å². The molecule has 4 rings (SSSR count). The summed E-state index contributed by atoms with van der Waals surface area (Å²) in [5.74, 6) is -0.282. The number of aliphatic hydroxyl groups is 1. The van der Waals surface area contributed by atoms with Gasteiger partial charge in [-0.15, -0.1) is 0 Å². The van der Waals surface area contributed by atoms with Crippen LogP contribution in [0.25, 0.3) is 0 Å². The summed E-state index contributed by atoms with van der Waals surface area (Å²) in [6.45, 7) is 0.369. The molecule has 5 nitrogen and oxygen atoms in total. The number of benzene rings is 2. The molecule has 0 aliphatic carbocycles. The monoisotopic (exact) mass is 340 g/mol. The van der Waals surface area contributed by atoms with Gasteiger partial charge in [0.15, 0.2) is 6.10 Å². The van der Waals surface area contributed by atoms with Gasteiger partial charge in [-0.2, -0.15) is 0 Å². The average Bonchev–Trinajstić information content (AvgIpc) is 3.17. The first-order chi connectivity index (χ1) is 12.2. The number of carbonyl (C=O) groups excluding carboxylic acids is 1. The summed E-state index contributed by atoms with van der Waals surface area (Å²) in [7, 11) is 0. The van der Waals surface area contributed by atoms with E-state index in [4.69, 9.17) is 14.2 Å². The zero-order chi connectivity index (χ0) is 17.2. The van der Waals surface area contributed by atoms with Gasteiger partial charge in [0, 0.05) is 0 Å². The van der Waals surface area contributed by atoms with E-state index in [1.54, 1.807) is 0 Å². The zero-order valence-electron chi connectivity index (χ0n) is 13.7. The molecule has 0 amide bonds. The number of hydrogen-bond donors (Lipinski definition) is 1. The van der Waals surface area contributed by atoms with Crippen LogP contribution >= 0.6 is 0 Å². The summed E-state index contributed by atoms with van der Waals surface area (Å²) in [5, 5.41) is 10.8. The number of carbonyl (C=O) groups is 1. The van der Waals surface area contributed by atoms with Crippen molar-refractivity contribution in [3.63, 3.8) is 0 Å². The topological polar surface area (TPSA) is 65.0 Å². The average molecular weight is 340 g/mol. The molecule has 2 saturated heterocycles. The predicted molar refractivity (Wildman–Crippen MR) is 89.6 cm³/mol. The number of rotatable bonds is 5. The first-order valence-electron chi connectivity index (χ1n) is 8.46. The van der Waals surface area contributed by atoms with Crippen molar-refractivity contribution < 1.29 is 24.1 Å². The predicted octanol–water partition coefficient (Wildman–Crippen LogP) is 2.39. The highest BCUT2D eigenvalue weighted by Gasteiger charge is 2.54. The molecule has 5 heteroatoms. The molecule has 5 atom stereocenters. The Morgan fingerprint density at radius 3 is 2.48 bits per heavy atom. The molecule has 2 aliphatic heterocycles. The molecule has 0 unspecified atom stereocenters. The SMILES string of the molecule is O=C1C[C@H]2O[C@H]([C@H](O)c3ccccc3)[C@H](OCc3ccccc3)[C@H]2O1. The number of fused-ring (bicyclic) bond motifs is 1. The van der Waals surface area contributed by atoms with E-state index in [1.165, 1.54) is 0 Å². The second kappa shape index (κ2) is 6.96. The first-order valence-corrected chi connectivity index (χ1v) is 8.46. The molecule has 2 aromatic carbocycles. The molecule has 0 bridgehead atoms. The lowest BCUT2D eigenvalue weighted by molar-refractivity contribution is -0.151. The Balaban J connectivity index is 1.53. The molecule has 130 valence electrons. The molecule has 0 spiro atoms. The van der Waals surface area contributed by atoms with Gasteiger partial charge >= 0.3 is 5.97 Å². The van der Waals surface area contributed by atoms with Crippen LogP contribution in [0.3, 0.4) is 0 Å². The maximum atomic E-state index is 11.6. The third-order valence-electron chi connectivity index (χ3n) is 4.72. The third-order valence-corrected chi connectivity index (χ3v) is 4.72. The second-order valence-corrected chi connectivity index (χ2v) is 6.41. The van der Waals surface area contributed by atoms with Crippen molar-refractivity contribution in [2.45, 2.75) is 43.5 Å². The Bertz CT molecular complexity index is 717. The fourth-order valence-corrected chi connectivity index (χ4v) is 3.48. The summed E-state index contributed by atoms with van der Waals surface area (Å²) in [4.78, 5) is 11.6. The van der Waals surface area contributed by atoms with E-state index in [0.29, 0.717) is 6.61 Å². The quantitative estimate of drug-likeness (QED) is 0.847. The van der Waals surface area contributed by atoms with Crippen molar-refractivity contribution in [1.29, 1.82) is 0 Å². The van der Waals surface area contributed by atoms with E-state index in [-0.39, 0.29) is 18.5 Å². The van der Waals surface area contributed by atoms with Gasteiger partial charge in [-0.05, 0) is 11.1 Å². The van der Waals surface area contributed by atoms with Crippen molar-refractivity contribution >= 4 is 5.97 Å². The molecule has 2 heterocycles. The van der Waals surface area contributed by atoms with Crippen molar-refractivity contribution in [2.75, 3.05) is 0 Å². The van der Waals surface area contributed by atoms with E-state index in [2.05, 4.69) is 0 Å². The molecule has 0 aromatic heterocycles. The number of ether oxygens (including phenoxy) is 3. The molecular weight excluding hydrogens is 320 g/mol. The molecule has 2 aliphatic rings. The van der Waals surface area contributed by atoms with E-state index >= 15 is 0 Å². The van der Waals surface area contributed by atoms with Gasteiger partial charge in [-0.25, -0.2) is 0 Å².